The predicted molar refractivity (Wildman–Crippen MR) is 83.7 cm³/mol. The molecular weight excluding hydrogens is 315 g/mol. The van der Waals surface area contributed by atoms with Gasteiger partial charge in [0.1, 0.15) is 29.7 Å². The van der Waals surface area contributed by atoms with Crippen LogP contribution < -0.4 is 10.5 Å². The van der Waals surface area contributed by atoms with E-state index in [1.54, 1.807) is 4.90 Å². The molecule has 0 spiro atoms. The first-order chi connectivity index (χ1) is 11.5. The van der Waals surface area contributed by atoms with E-state index in [1.807, 2.05) is 0 Å². The van der Waals surface area contributed by atoms with E-state index in [2.05, 4.69) is 0 Å². The van der Waals surface area contributed by atoms with Gasteiger partial charge in [0, 0.05) is 6.54 Å². The van der Waals surface area contributed by atoms with Crippen LogP contribution in [0.4, 0.5) is 4.39 Å². The van der Waals surface area contributed by atoms with Gasteiger partial charge >= 0.3 is 0 Å². The number of rotatable bonds is 5. The molecule has 24 heavy (non-hydrogen) atoms. The zero-order valence-electron chi connectivity index (χ0n) is 13.4. The molecule has 2 fully saturated rings. The number of carbonyl (C=O) groups excluding carboxylic acids is 2. The van der Waals surface area contributed by atoms with E-state index in [4.69, 9.17) is 15.2 Å². The standard InChI is InChI=1S/C17H21FN2O4/c18-12-2-4-13(5-3-12)24-11-14-10-20(8-9-23-14)16(22)17(15(19)21)6-1-7-17/h2-5,14H,1,6-11H2,(H2,19,21). The first-order valence-corrected chi connectivity index (χ1v) is 8.10. The Morgan fingerprint density at radius 3 is 2.62 bits per heavy atom. The number of primary amides is 1. The minimum absolute atomic E-state index is 0.198. The Hall–Kier alpha value is -2.15. The summed E-state index contributed by atoms with van der Waals surface area (Å²) in [5.74, 6) is -0.526. The topological polar surface area (TPSA) is 81.9 Å². The summed E-state index contributed by atoms with van der Waals surface area (Å²) in [6.45, 7) is 1.44. The minimum Gasteiger partial charge on any atom is -0.491 e. The van der Waals surface area contributed by atoms with Gasteiger partial charge in [-0.2, -0.15) is 0 Å². The van der Waals surface area contributed by atoms with Crippen LogP contribution in [0, 0.1) is 11.2 Å². The molecule has 1 aromatic rings. The van der Waals surface area contributed by atoms with Crippen LogP contribution in [0.5, 0.6) is 5.75 Å². The van der Waals surface area contributed by atoms with Gasteiger partial charge < -0.3 is 20.1 Å². The molecule has 6 nitrogen and oxygen atoms in total. The summed E-state index contributed by atoms with van der Waals surface area (Å²) in [7, 11) is 0. The molecular formula is C17H21FN2O4. The van der Waals surface area contributed by atoms with E-state index in [1.165, 1.54) is 24.3 Å². The van der Waals surface area contributed by atoms with Crippen LogP contribution >= 0.6 is 0 Å². The second kappa shape index (κ2) is 6.76. The van der Waals surface area contributed by atoms with Crippen LogP contribution in [-0.4, -0.2) is 49.1 Å². The molecule has 1 unspecified atom stereocenters. The molecule has 1 aliphatic heterocycles. The van der Waals surface area contributed by atoms with E-state index in [9.17, 15) is 14.0 Å². The molecule has 7 heteroatoms. The highest BCUT2D eigenvalue weighted by atomic mass is 19.1. The van der Waals surface area contributed by atoms with Crippen molar-refractivity contribution in [2.45, 2.75) is 25.4 Å². The maximum absolute atomic E-state index is 12.9. The summed E-state index contributed by atoms with van der Waals surface area (Å²) in [5, 5.41) is 0. The number of hydrogen-bond donors (Lipinski definition) is 1. The van der Waals surface area contributed by atoms with Gasteiger partial charge in [0.25, 0.3) is 0 Å². The van der Waals surface area contributed by atoms with Crippen LogP contribution in [0.15, 0.2) is 24.3 Å². The highest BCUT2D eigenvalue weighted by molar-refractivity contribution is 6.05. The first-order valence-electron chi connectivity index (χ1n) is 8.10. The smallest absolute Gasteiger partial charge is 0.238 e. The second-order valence-corrected chi connectivity index (χ2v) is 6.31. The van der Waals surface area contributed by atoms with Gasteiger partial charge in [-0.25, -0.2) is 4.39 Å². The zero-order chi connectivity index (χ0) is 17.2. The summed E-state index contributed by atoms with van der Waals surface area (Å²) >= 11 is 0. The summed E-state index contributed by atoms with van der Waals surface area (Å²) in [6.07, 6.45) is 1.60. The molecule has 1 aromatic carbocycles. The Morgan fingerprint density at radius 2 is 2.04 bits per heavy atom. The van der Waals surface area contributed by atoms with Gasteiger partial charge in [0.05, 0.1) is 13.2 Å². The van der Waals surface area contributed by atoms with Crippen LogP contribution in [0.25, 0.3) is 0 Å². The number of nitrogens with two attached hydrogens (primary N) is 1. The van der Waals surface area contributed by atoms with E-state index in [0.717, 1.165) is 6.42 Å². The van der Waals surface area contributed by atoms with Crippen molar-refractivity contribution in [3.63, 3.8) is 0 Å². The van der Waals surface area contributed by atoms with Crippen molar-refractivity contribution in [1.29, 1.82) is 0 Å². The van der Waals surface area contributed by atoms with Crippen molar-refractivity contribution in [3.8, 4) is 5.75 Å². The average molecular weight is 336 g/mol. The van der Waals surface area contributed by atoms with E-state index < -0.39 is 11.3 Å². The molecule has 2 N–H and O–H groups in total. The number of nitrogens with zero attached hydrogens (tertiary/aromatic N) is 1. The fourth-order valence-electron chi connectivity index (χ4n) is 3.12. The van der Waals surface area contributed by atoms with E-state index in [-0.39, 0.29) is 24.4 Å². The Bertz CT molecular complexity index is 616. The van der Waals surface area contributed by atoms with Crippen molar-refractivity contribution >= 4 is 11.8 Å². The van der Waals surface area contributed by atoms with Gasteiger partial charge in [-0.05, 0) is 37.1 Å². The average Bonchev–Trinajstić information content (AvgIpc) is 2.53. The molecule has 1 atom stereocenters. The fourth-order valence-corrected chi connectivity index (χ4v) is 3.12. The van der Waals surface area contributed by atoms with E-state index >= 15 is 0 Å². The monoisotopic (exact) mass is 336 g/mol. The van der Waals surface area contributed by atoms with Gasteiger partial charge in [-0.3, -0.25) is 9.59 Å². The summed E-state index contributed by atoms with van der Waals surface area (Å²) < 4.78 is 24.1. The third kappa shape index (κ3) is 3.21. The van der Waals surface area contributed by atoms with Crippen molar-refractivity contribution in [2.75, 3.05) is 26.3 Å². The number of amides is 2. The van der Waals surface area contributed by atoms with Crippen LogP contribution in [0.2, 0.25) is 0 Å². The normalized spacial score (nSPS) is 22.5. The fraction of sp³-hybridized carbons (Fsp3) is 0.529. The van der Waals surface area contributed by atoms with Gasteiger partial charge in [0.15, 0.2) is 0 Å². The summed E-state index contributed by atoms with van der Waals surface area (Å²) in [4.78, 5) is 26.0. The molecule has 130 valence electrons. The largest absolute Gasteiger partial charge is 0.491 e. The van der Waals surface area contributed by atoms with Gasteiger partial charge in [-0.1, -0.05) is 6.42 Å². The highest BCUT2D eigenvalue weighted by Gasteiger charge is 2.51. The summed E-state index contributed by atoms with van der Waals surface area (Å²) in [5.41, 5.74) is 4.42. The van der Waals surface area contributed by atoms with Gasteiger partial charge in [-0.15, -0.1) is 0 Å². The molecule has 1 saturated heterocycles. The third-order valence-electron chi connectivity index (χ3n) is 4.76. The third-order valence-corrected chi connectivity index (χ3v) is 4.76. The Morgan fingerprint density at radius 1 is 1.33 bits per heavy atom. The molecule has 1 aliphatic carbocycles. The van der Waals surface area contributed by atoms with Crippen molar-refractivity contribution in [1.82, 2.24) is 4.90 Å². The van der Waals surface area contributed by atoms with Gasteiger partial charge in [0.2, 0.25) is 11.8 Å². The summed E-state index contributed by atoms with van der Waals surface area (Å²) in [6, 6.07) is 5.72. The molecule has 2 amide bonds. The minimum atomic E-state index is -1.03. The SMILES string of the molecule is NC(=O)C1(C(=O)N2CCOC(COc3ccc(F)cc3)C2)CCC1. The Labute approximate surface area is 139 Å². The quantitative estimate of drug-likeness (QED) is 0.816. The molecule has 1 heterocycles. The molecule has 1 saturated carbocycles. The maximum atomic E-state index is 12.9. The highest BCUT2D eigenvalue weighted by Crippen LogP contribution is 2.42. The van der Waals surface area contributed by atoms with Crippen molar-refractivity contribution in [2.24, 2.45) is 11.1 Å². The molecule has 3 rings (SSSR count). The lowest BCUT2D eigenvalue weighted by Gasteiger charge is -2.43. The number of halogens is 1. The Kier molecular flexibility index (Phi) is 4.71. The molecule has 0 bridgehead atoms. The van der Waals surface area contributed by atoms with Crippen LogP contribution in [-0.2, 0) is 14.3 Å². The first kappa shape index (κ1) is 16.7. The molecule has 2 aliphatic rings. The lowest BCUT2D eigenvalue weighted by Crippen LogP contribution is -2.58. The van der Waals surface area contributed by atoms with Crippen molar-refractivity contribution in [3.05, 3.63) is 30.1 Å². The number of hydrogen-bond acceptors (Lipinski definition) is 4. The van der Waals surface area contributed by atoms with Crippen LogP contribution in [0.3, 0.4) is 0 Å². The second-order valence-electron chi connectivity index (χ2n) is 6.31. The maximum Gasteiger partial charge on any atom is 0.238 e. The molecule has 0 aromatic heterocycles. The van der Waals surface area contributed by atoms with Crippen molar-refractivity contribution < 1.29 is 23.5 Å². The number of ether oxygens (including phenoxy) is 2. The van der Waals surface area contributed by atoms with E-state index in [0.29, 0.717) is 38.3 Å². The zero-order valence-corrected chi connectivity index (χ0v) is 13.4. The predicted octanol–water partition coefficient (Wildman–Crippen LogP) is 1.09. The lowest BCUT2D eigenvalue weighted by molar-refractivity contribution is -0.161. The Balaban J connectivity index is 1.57. The number of morpholine rings is 1. The molecule has 0 radical (unpaired) electrons. The number of benzene rings is 1. The number of carbonyl (C=O) groups is 2. The van der Waals surface area contributed by atoms with Crippen LogP contribution in [0.1, 0.15) is 19.3 Å². The lowest BCUT2D eigenvalue weighted by atomic mass is 9.67.